The van der Waals surface area contributed by atoms with Crippen LogP contribution in [0.15, 0.2) is 0 Å². The van der Waals surface area contributed by atoms with E-state index in [-0.39, 0.29) is 0 Å². The second kappa shape index (κ2) is 3.49. The van der Waals surface area contributed by atoms with Crippen molar-refractivity contribution < 1.29 is 5.11 Å². The van der Waals surface area contributed by atoms with Gasteiger partial charge in [0.05, 0.1) is 5.60 Å². The summed E-state index contributed by atoms with van der Waals surface area (Å²) in [7, 11) is 0. The van der Waals surface area contributed by atoms with Gasteiger partial charge < -0.3 is 5.11 Å². The summed E-state index contributed by atoms with van der Waals surface area (Å²) in [5.74, 6) is 2.79. The third kappa shape index (κ3) is 2.29. The first kappa shape index (κ1) is 10.4. The lowest BCUT2D eigenvalue weighted by molar-refractivity contribution is 0.0411. The lowest BCUT2D eigenvalue weighted by Gasteiger charge is -2.26. The summed E-state index contributed by atoms with van der Waals surface area (Å²) in [6.45, 7) is 9.47. The highest BCUT2D eigenvalue weighted by molar-refractivity contribution is 4.92. The molecule has 0 aromatic heterocycles. The Morgan fingerprint density at radius 2 is 1.71 bits per heavy atom. The van der Waals surface area contributed by atoms with E-state index in [0.717, 1.165) is 24.3 Å². The zero-order valence-electron chi connectivity index (χ0n) is 9.66. The SMILES string of the molecule is CC1C[C@@H]2CN(CC(C)(C)O)C[C@@H]2C1. The predicted octanol–water partition coefficient (Wildman–Crippen LogP) is 1.74. The molecule has 2 fully saturated rings. The molecule has 1 saturated heterocycles. The summed E-state index contributed by atoms with van der Waals surface area (Å²) < 4.78 is 0. The molecule has 0 aromatic rings. The fraction of sp³-hybridized carbons (Fsp3) is 1.00. The molecule has 1 aliphatic carbocycles. The maximum Gasteiger partial charge on any atom is 0.0718 e. The van der Waals surface area contributed by atoms with Crippen molar-refractivity contribution in [3.8, 4) is 0 Å². The zero-order chi connectivity index (χ0) is 10.3. The lowest BCUT2D eigenvalue weighted by Crippen LogP contribution is -2.37. The Morgan fingerprint density at radius 3 is 2.14 bits per heavy atom. The minimum atomic E-state index is -0.524. The van der Waals surface area contributed by atoms with Gasteiger partial charge >= 0.3 is 0 Å². The second-order valence-electron chi connectivity index (χ2n) is 6.10. The van der Waals surface area contributed by atoms with Crippen LogP contribution in [0.1, 0.15) is 33.6 Å². The number of hydrogen-bond donors (Lipinski definition) is 1. The van der Waals surface area contributed by atoms with Crippen molar-refractivity contribution >= 4 is 0 Å². The first-order valence-electron chi connectivity index (χ1n) is 5.89. The van der Waals surface area contributed by atoms with Gasteiger partial charge in [0.1, 0.15) is 0 Å². The lowest BCUT2D eigenvalue weighted by atomic mass is 10.0. The van der Waals surface area contributed by atoms with Crippen LogP contribution in [0.4, 0.5) is 0 Å². The van der Waals surface area contributed by atoms with Gasteiger partial charge in [-0.2, -0.15) is 0 Å². The molecule has 1 unspecified atom stereocenters. The molecular weight excluding hydrogens is 174 g/mol. The molecule has 1 heterocycles. The Hall–Kier alpha value is -0.0800. The molecule has 2 heteroatoms. The first-order valence-corrected chi connectivity index (χ1v) is 5.89. The zero-order valence-corrected chi connectivity index (χ0v) is 9.66. The molecular formula is C12H23NO. The van der Waals surface area contributed by atoms with Gasteiger partial charge in [-0.05, 0) is 44.4 Å². The molecule has 0 amide bonds. The average molecular weight is 197 g/mol. The normalized spacial score (nSPS) is 39.0. The number of β-amino-alcohol motifs (C(OH)–C–C–N with tert-alkyl or cyclic N) is 1. The number of hydrogen-bond acceptors (Lipinski definition) is 2. The van der Waals surface area contributed by atoms with Gasteiger partial charge in [-0.15, -0.1) is 0 Å². The van der Waals surface area contributed by atoms with Crippen LogP contribution >= 0.6 is 0 Å². The average Bonchev–Trinajstić information content (AvgIpc) is 2.39. The third-order valence-corrected chi connectivity index (χ3v) is 3.67. The molecule has 0 radical (unpaired) electrons. The van der Waals surface area contributed by atoms with Gasteiger partial charge in [0, 0.05) is 19.6 Å². The minimum Gasteiger partial charge on any atom is -0.389 e. The molecule has 2 rings (SSSR count). The van der Waals surface area contributed by atoms with Crippen LogP contribution in [0.5, 0.6) is 0 Å². The number of aliphatic hydroxyl groups is 1. The summed E-state index contributed by atoms with van der Waals surface area (Å²) in [6, 6.07) is 0. The van der Waals surface area contributed by atoms with Crippen molar-refractivity contribution in [3.63, 3.8) is 0 Å². The van der Waals surface area contributed by atoms with Crippen LogP contribution in [0, 0.1) is 17.8 Å². The van der Waals surface area contributed by atoms with Crippen LogP contribution in [0.3, 0.4) is 0 Å². The monoisotopic (exact) mass is 197 g/mol. The molecule has 82 valence electrons. The first-order chi connectivity index (χ1) is 6.44. The molecule has 1 N–H and O–H groups in total. The van der Waals surface area contributed by atoms with E-state index in [2.05, 4.69) is 11.8 Å². The van der Waals surface area contributed by atoms with Crippen molar-refractivity contribution in [1.82, 2.24) is 4.90 Å². The van der Waals surface area contributed by atoms with Gasteiger partial charge in [0.25, 0.3) is 0 Å². The van der Waals surface area contributed by atoms with E-state index in [4.69, 9.17) is 0 Å². The van der Waals surface area contributed by atoms with Crippen molar-refractivity contribution in [2.45, 2.75) is 39.2 Å². The van der Waals surface area contributed by atoms with E-state index < -0.39 is 5.60 Å². The molecule has 0 spiro atoms. The highest BCUT2D eigenvalue weighted by atomic mass is 16.3. The molecule has 0 bridgehead atoms. The Bertz CT molecular complexity index is 195. The smallest absolute Gasteiger partial charge is 0.0718 e. The highest BCUT2D eigenvalue weighted by Crippen LogP contribution is 2.41. The summed E-state index contributed by atoms with van der Waals surface area (Å²) in [5.41, 5.74) is -0.524. The van der Waals surface area contributed by atoms with Crippen LogP contribution in [-0.4, -0.2) is 35.2 Å². The largest absolute Gasteiger partial charge is 0.389 e. The number of fused-ring (bicyclic) bond motifs is 1. The molecule has 14 heavy (non-hydrogen) atoms. The number of nitrogens with zero attached hydrogens (tertiary/aromatic N) is 1. The van der Waals surface area contributed by atoms with Gasteiger partial charge in [-0.1, -0.05) is 6.92 Å². The van der Waals surface area contributed by atoms with E-state index in [1.807, 2.05) is 13.8 Å². The molecule has 2 aliphatic rings. The predicted molar refractivity (Wildman–Crippen MR) is 58.1 cm³/mol. The molecule has 3 atom stereocenters. The Kier molecular flexibility index (Phi) is 2.61. The van der Waals surface area contributed by atoms with E-state index in [9.17, 15) is 5.11 Å². The maximum atomic E-state index is 9.75. The van der Waals surface area contributed by atoms with Crippen molar-refractivity contribution in [2.75, 3.05) is 19.6 Å². The standard InChI is InChI=1S/C12H23NO/c1-9-4-10-6-13(7-11(10)5-9)8-12(2,3)14/h9-11,14H,4-8H2,1-3H3/t9?,10-,11+. The Labute approximate surface area is 87.3 Å². The fourth-order valence-corrected chi connectivity index (χ4v) is 3.38. The van der Waals surface area contributed by atoms with Crippen molar-refractivity contribution in [1.29, 1.82) is 0 Å². The van der Waals surface area contributed by atoms with Crippen molar-refractivity contribution in [2.24, 2.45) is 17.8 Å². The van der Waals surface area contributed by atoms with Gasteiger partial charge in [0.2, 0.25) is 0 Å². The van der Waals surface area contributed by atoms with Crippen LogP contribution in [0.25, 0.3) is 0 Å². The molecule has 1 saturated carbocycles. The minimum absolute atomic E-state index is 0.524. The van der Waals surface area contributed by atoms with E-state index in [1.165, 1.54) is 25.9 Å². The quantitative estimate of drug-likeness (QED) is 0.729. The van der Waals surface area contributed by atoms with E-state index in [0.29, 0.717) is 0 Å². The van der Waals surface area contributed by atoms with E-state index in [1.54, 1.807) is 0 Å². The van der Waals surface area contributed by atoms with Crippen LogP contribution < -0.4 is 0 Å². The third-order valence-electron chi connectivity index (χ3n) is 3.67. The van der Waals surface area contributed by atoms with Gasteiger partial charge in [0.15, 0.2) is 0 Å². The van der Waals surface area contributed by atoms with Crippen LogP contribution in [0.2, 0.25) is 0 Å². The fourth-order valence-electron chi connectivity index (χ4n) is 3.38. The maximum absolute atomic E-state index is 9.75. The number of likely N-dealkylation sites (tertiary alicyclic amines) is 1. The Balaban J connectivity index is 1.86. The molecule has 0 aromatic carbocycles. The highest BCUT2D eigenvalue weighted by Gasteiger charge is 2.40. The molecule has 1 aliphatic heterocycles. The molecule has 2 nitrogen and oxygen atoms in total. The summed E-state index contributed by atoms with van der Waals surface area (Å²) in [4.78, 5) is 2.45. The second-order valence-corrected chi connectivity index (χ2v) is 6.10. The summed E-state index contributed by atoms with van der Waals surface area (Å²) in [6.07, 6.45) is 2.82. The van der Waals surface area contributed by atoms with E-state index >= 15 is 0 Å². The number of rotatable bonds is 2. The van der Waals surface area contributed by atoms with Gasteiger partial charge in [-0.25, -0.2) is 0 Å². The van der Waals surface area contributed by atoms with Crippen LogP contribution in [-0.2, 0) is 0 Å². The van der Waals surface area contributed by atoms with Crippen molar-refractivity contribution in [3.05, 3.63) is 0 Å². The summed E-state index contributed by atoms with van der Waals surface area (Å²) >= 11 is 0. The Morgan fingerprint density at radius 1 is 1.21 bits per heavy atom. The topological polar surface area (TPSA) is 23.5 Å². The summed E-state index contributed by atoms with van der Waals surface area (Å²) in [5, 5.41) is 9.75. The van der Waals surface area contributed by atoms with Gasteiger partial charge in [-0.3, -0.25) is 4.90 Å².